The van der Waals surface area contributed by atoms with Gasteiger partial charge in [0.2, 0.25) is 0 Å². The summed E-state index contributed by atoms with van der Waals surface area (Å²) < 4.78 is 5.25. The summed E-state index contributed by atoms with van der Waals surface area (Å²) in [5, 5.41) is 19.4. The Morgan fingerprint density at radius 3 is 2.48 bits per heavy atom. The predicted molar refractivity (Wildman–Crippen MR) is 89.4 cm³/mol. The van der Waals surface area contributed by atoms with E-state index in [2.05, 4.69) is 0 Å². The van der Waals surface area contributed by atoms with Gasteiger partial charge in [-0.15, -0.1) is 0 Å². The zero-order chi connectivity index (χ0) is 18.3. The van der Waals surface area contributed by atoms with E-state index in [1.165, 1.54) is 31.4 Å². The van der Waals surface area contributed by atoms with Crippen molar-refractivity contribution in [2.24, 2.45) is 0 Å². The Morgan fingerprint density at radius 1 is 1.12 bits per heavy atom. The Hall–Kier alpha value is -3.41. The van der Waals surface area contributed by atoms with Crippen LogP contribution < -0.4 is 4.74 Å². The Balaban J connectivity index is 2.30. The van der Waals surface area contributed by atoms with E-state index in [0.29, 0.717) is 5.56 Å². The average Bonchev–Trinajstić information content (AvgIpc) is 2.57. The number of carbonyl (C=O) groups excluding carboxylic acids is 2. The number of fused-ring (bicyclic) bond motifs is 1. The monoisotopic (exact) mass is 338 g/mol. The topological polar surface area (TPSA) is 101 Å². The minimum atomic E-state index is -1.24. The minimum absolute atomic E-state index is 0.0291. The molecule has 6 nitrogen and oxygen atoms in total. The summed E-state index contributed by atoms with van der Waals surface area (Å²) in [4.78, 5) is 36.9. The van der Waals surface area contributed by atoms with Gasteiger partial charge in [-0.3, -0.25) is 9.59 Å². The van der Waals surface area contributed by atoms with E-state index >= 15 is 0 Å². The van der Waals surface area contributed by atoms with Crippen LogP contribution in [0.15, 0.2) is 36.4 Å². The molecule has 2 aromatic carbocycles. The van der Waals surface area contributed by atoms with E-state index in [0.717, 1.165) is 6.08 Å². The molecule has 1 aliphatic carbocycles. The van der Waals surface area contributed by atoms with Crippen LogP contribution in [0.3, 0.4) is 0 Å². The van der Waals surface area contributed by atoms with Crippen LogP contribution in [0.5, 0.6) is 11.5 Å². The van der Waals surface area contributed by atoms with Crippen molar-refractivity contribution in [1.82, 2.24) is 0 Å². The van der Waals surface area contributed by atoms with Crippen LogP contribution in [0.2, 0.25) is 0 Å². The van der Waals surface area contributed by atoms with E-state index in [1.807, 2.05) is 0 Å². The number of carboxylic acid groups (broad SMARTS) is 1. The number of hydrogen-bond donors (Lipinski definition) is 2. The molecule has 3 rings (SSSR count). The molecule has 6 heteroatoms. The van der Waals surface area contributed by atoms with Gasteiger partial charge in [0.1, 0.15) is 11.5 Å². The van der Waals surface area contributed by atoms with Crippen LogP contribution in [0.25, 0.3) is 5.57 Å². The van der Waals surface area contributed by atoms with Gasteiger partial charge >= 0.3 is 5.97 Å². The summed E-state index contributed by atoms with van der Waals surface area (Å²) in [5.74, 6) is -2.45. The lowest BCUT2D eigenvalue weighted by Crippen LogP contribution is -2.18. The molecule has 25 heavy (non-hydrogen) atoms. The molecule has 0 fully saturated rings. The first kappa shape index (κ1) is 16.4. The van der Waals surface area contributed by atoms with E-state index in [-0.39, 0.29) is 39.3 Å². The summed E-state index contributed by atoms with van der Waals surface area (Å²) >= 11 is 0. The third kappa shape index (κ3) is 2.57. The Morgan fingerprint density at radius 2 is 1.84 bits per heavy atom. The van der Waals surface area contributed by atoms with Gasteiger partial charge in [-0.25, -0.2) is 4.79 Å². The number of carboxylic acids is 1. The fourth-order valence-corrected chi connectivity index (χ4v) is 2.95. The molecule has 0 heterocycles. The molecule has 0 saturated heterocycles. The van der Waals surface area contributed by atoms with Crippen LogP contribution in [-0.2, 0) is 0 Å². The SMILES string of the molecule is COc1cc(C)cc(C(=O)O)c1C1=CC(=O)c2c(O)cccc2C1=O. The first-order valence-electron chi connectivity index (χ1n) is 7.40. The lowest BCUT2D eigenvalue weighted by Gasteiger charge is -2.19. The molecule has 0 amide bonds. The van der Waals surface area contributed by atoms with Crippen LogP contribution >= 0.6 is 0 Å². The van der Waals surface area contributed by atoms with Gasteiger partial charge in [0.15, 0.2) is 11.6 Å². The van der Waals surface area contributed by atoms with Crippen molar-refractivity contribution in [3.63, 3.8) is 0 Å². The van der Waals surface area contributed by atoms with Crippen molar-refractivity contribution in [2.45, 2.75) is 6.92 Å². The first-order valence-corrected chi connectivity index (χ1v) is 7.40. The number of benzene rings is 2. The molecule has 1 aliphatic rings. The average molecular weight is 338 g/mol. The van der Waals surface area contributed by atoms with Crippen molar-refractivity contribution in [1.29, 1.82) is 0 Å². The lowest BCUT2D eigenvalue weighted by molar-refractivity contribution is 0.0695. The fourth-order valence-electron chi connectivity index (χ4n) is 2.95. The Kier molecular flexibility index (Phi) is 3.88. The van der Waals surface area contributed by atoms with Gasteiger partial charge in [-0.05, 0) is 36.8 Å². The number of phenolic OH excluding ortho intramolecular Hbond substituents is 1. The van der Waals surface area contributed by atoms with Crippen LogP contribution in [0.1, 0.15) is 42.2 Å². The van der Waals surface area contributed by atoms with Gasteiger partial charge in [0.25, 0.3) is 0 Å². The van der Waals surface area contributed by atoms with Crippen molar-refractivity contribution >= 4 is 23.1 Å². The number of methoxy groups -OCH3 is 1. The van der Waals surface area contributed by atoms with E-state index in [4.69, 9.17) is 4.74 Å². The molecule has 0 unspecified atom stereocenters. The minimum Gasteiger partial charge on any atom is -0.507 e. The predicted octanol–water partition coefficient (Wildman–Crippen LogP) is 2.87. The van der Waals surface area contributed by atoms with Gasteiger partial charge in [0, 0.05) is 16.7 Å². The highest BCUT2D eigenvalue weighted by Crippen LogP contribution is 2.38. The Labute approximate surface area is 143 Å². The maximum absolute atomic E-state index is 12.9. The number of ether oxygens (including phenoxy) is 1. The smallest absolute Gasteiger partial charge is 0.336 e. The number of phenols is 1. The highest BCUT2D eigenvalue weighted by Gasteiger charge is 2.32. The third-order valence-corrected chi connectivity index (χ3v) is 4.02. The van der Waals surface area contributed by atoms with Crippen LogP contribution in [0.4, 0.5) is 0 Å². The van der Waals surface area contributed by atoms with E-state index < -0.39 is 17.5 Å². The van der Waals surface area contributed by atoms with E-state index in [9.17, 15) is 24.6 Å². The number of ketones is 2. The largest absolute Gasteiger partial charge is 0.507 e. The Bertz CT molecular complexity index is 968. The molecule has 2 aromatic rings. The molecule has 0 spiro atoms. The third-order valence-electron chi connectivity index (χ3n) is 4.02. The lowest BCUT2D eigenvalue weighted by atomic mass is 9.83. The summed E-state index contributed by atoms with van der Waals surface area (Å²) in [6.07, 6.45) is 1.05. The number of Topliss-reactive ketones (excluding diaryl/α,β-unsaturated/α-hetero) is 1. The molecular formula is C19H14O6. The van der Waals surface area contributed by atoms with Crippen molar-refractivity contribution < 1.29 is 29.3 Å². The fraction of sp³-hybridized carbons (Fsp3) is 0.105. The van der Waals surface area contributed by atoms with Crippen molar-refractivity contribution in [2.75, 3.05) is 7.11 Å². The summed E-state index contributed by atoms with van der Waals surface area (Å²) in [6, 6.07) is 7.20. The number of aromatic carboxylic acids is 1. The summed E-state index contributed by atoms with van der Waals surface area (Å²) in [5.41, 5.74) is 0.435. The molecule has 126 valence electrons. The number of hydrogen-bond acceptors (Lipinski definition) is 5. The van der Waals surface area contributed by atoms with E-state index in [1.54, 1.807) is 13.0 Å². The summed E-state index contributed by atoms with van der Waals surface area (Å²) in [6.45, 7) is 1.70. The quantitative estimate of drug-likeness (QED) is 0.892. The number of rotatable bonds is 3. The highest BCUT2D eigenvalue weighted by molar-refractivity contribution is 6.40. The number of carbonyl (C=O) groups is 3. The van der Waals surface area contributed by atoms with Crippen LogP contribution in [0, 0.1) is 6.92 Å². The number of aryl methyl sites for hydroxylation is 1. The van der Waals surface area contributed by atoms with Gasteiger partial charge in [-0.2, -0.15) is 0 Å². The molecule has 0 bridgehead atoms. The molecule has 0 aliphatic heterocycles. The number of aromatic hydroxyl groups is 1. The second-order valence-corrected chi connectivity index (χ2v) is 5.65. The second kappa shape index (κ2) is 5.90. The molecule has 0 atom stereocenters. The molecular weight excluding hydrogens is 324 g/mol. The van der Waals surface area contributed by atoms with Crippen molar-refractivity contribution in [3.8, 4) is 11.5 Å². The molecule has 2 N–H and O–H groups in total. The first-order chi connectivity index (χ1) is 11.8. The number of allylic oxidation sites excluding steroid dienone is 2. The van der Waals surface area contributed by atoms with Crippen molar-refractivity contribution in [3.05, 3.63) is 64.2 Å². The molecule has 0 aromatic heterocycles. The second-order valence-electron chi connectivity index (χ2n) is 5.65. The standard InChI is InChI=1S/C19H14O6/c1-9-6-12(19(23)24)16(15(7-9)25-2)11-8-14(21)17-10(18(11)22)4-3-5-13(17)20/h3-8,20H,1-2H3,(H,23,24). The normalized spacial score (nSPS) is 13.3. The zero-order valence-corrected chi connectivity index (χ0v) is 13.5. The highest BCUT2D eigenvalue weighted by atomic mass is 16.5. The van der Waals surface area contributed by atoms with Gasteiger partial charge in [-0.1, -0.05) is 12.1 Å². The maximum Gasteiger partial charge on any atom is 0.336 e. The maximum atomic E-state index is 12.9. The molecule has 0 saturated carbocycles. The van der Waals surface area contributed by atoms with Crippen LogP contribution in [-0.4, -0.2) is 34.9 Å². The zero-order valence-electron chi connectivity index (χ0n) is 13.5. The molecule has 0 radical (unpaired) electrons. The summed E-state index contributed by atoms with van der Waals surface area (Å²) in [7, 11) is 1.36. The van der Waals surface area contributed by atoms with Gasteiger partial charge < -0.3 is 14.9 Å². The van der Waals surface area contributed by atoms with Gasteiger partial charge in [0.05, 0.1) is 18.2 Å².